The van der Waals surface area contributed by atoms with Crippen LogP contribution in [0, 0.1) is 13.8 Å². The lowest BCUT2D eigenvalue weighted by Crippen LogP contribution is -2.04. The molecule has 20 heavy (non-hydrogen) atoms. The molecule has 0 radical (unpaired) electrons. The van der Waals surface area contributed by atoms with Crippen LogP contribution < -0.4 is 5.32 Å². The van der Waals surface area contributed by atoms with Crippen molar-refractivity contribution in [3.63, 3.8) is 0 Å². The normalized spacial score (nSPS) is 11.4. The molecule has 0 atom stereocenters. The number of aryl methyl sites for hydroxylation is 4. The van der Waals surface area contributed by atoms with E-state index in [1.165, 1.54) is 10.6 Å². The highest BCUT2D eigenvalue weighted by molar-refractivity contribution is 7.17. The average Bonchev–Trinajstić information content (AvgIpc) is 3.00. The molecule has 0 unspecified atom stereocenters. The molecule has 1 N–H and O–H groups in total. The molecular formula is C14H19N5S. The minimum Gasteiger partial charge on any atom is -0.377 e. The largest absolute Gasteiger partial charge is 0.377 e. The minimum atomic E-state index is 0.766. The number of hydrogen-bond donors (Lipinski definition) is 1. The summed E-state index contributed by atoms with van der Waals surface area (Å²) in [4.78, 5) is 6.96. The molecule has 5 nitrogen and oxygen atoms in total. The van der Waals surface area contributed by atoms with E-state index in [0.29, 0.717) is 0 Å². The molecule has 0 bridgehead atoms. The van der Waals surface area contributed by atoms with E-state index in [1.807, 2.05) is 17.9 Å². The summed E-state index contributed by atoms with van der Waals surface area (Å²) in [6, 6.07) is 0. The van der Waals surface area contributed by atoms with Gasteiger partial charge in [-0.1, -0.05) is 6.92 Å². The number of fused-ring (bicyclic) bond motifs is 1. The molecule has 3 aromatic heterocycles. The Morgan fingerprint density at radius 1 is 1.30 bits per heavy atom. The van der Waals surface area contributed by atoms with Gasteiger partial charge in [-0.3, -0.25) is 9.08 Å². The molecule has 0 amide bonds. The first kappa shape index (κ1) is 13.2. The molecule has 3 heterocycles. The molecule has 106 valence electrons. The van der Waals surface area contributed by atoms with Crippen LogP contribution in [0.15, 0.2) is 12.4 Å². The van der Waals surface area contributed by atoms with E-state index in [0.717, 1.165) is 35.0 Å². The number of thiazole rings is 1. The summed E-state index contributed by atoms with van der Waals surface area (Å²) in [5.74, 6) is 0. The van der Waals surface area contributed by atoms with Crippen molar-refractivity contribution in [2.75, 3.05) is 5.32 Å². The average molecular weight is 289 g/mol. The Hall–Kier alpha value is -1.82. The Morgan fingerprint density at radius 3 is 2.85 bits per heavy atom. The van der Waals surface area contributed by atoms with Crippen molar-refractivity contribution in [3.05, 3.63) is 34.4 Å². The van der Waals surface area contributed by atoms with Crippen LogP contribution in [0.25, 0.3) is 4.96 Å². The molecule has 0 fully saturated rings. The van der Waals surface area contributed by atoms with E-state index in [4.69, 9.17) is 0 Å². The van der Waals surface area contributed by atoms with Crippen molar-refractivity contribution < 1.29 is 0 Å². The summed E-state index contributed by atoms with van der Waals surface area (Å²) in [5, 5.41) is 7.94. The zero-order valence-corrected chi connectivity index (χ0v) is 13.1. The lowest BCUT2D eigenvalue weighted by Gasteiger charge is -2.05. The fourth-order valence-electron chi connectivity index (χ4n) is 2.44. The third kappa shape index (κ3) is 2.20. The standard InChI is InChI=1S/C14H19N5S/c1-5-11-12(8-18(4)17-11)15-6-13-10(3)16-14-19(13)7-9(2)20-14/h7-8,15H,5-6H2,1-4H3. The van der Waals surface area contributed by atoms with Crippen LogP contribution in [0.1, 0.15) is 28.9 Å². The number of hydrogen-bond acceptors (Lipinski definition) is 4. The van der Waals surface area contributed by atoms with E-state index in [2.05, 4.69) is 46.8 Å². The Labute approximate surface area is 122 Å². The molecule has 0 aliphatic rings. The molecule has 0 aromatic carbocycles. The maximum absolute atomic E-state index is 4.61. The van der Waals surface area contributed by atoms with Gasteiger partial charge in [0.1, 0.15) is 0 Å². The first-order chi connectivity index (χ1) is 9.58. The predicted molar refractivity (Wildman–Crippen MR) is 82.5 cm³/mol. The van der Waals surface area contributed by atoms with Crippen molar-refractivity contribution in [1.82, 2.24) is 19.2 Å². The van der Waals surface area contributed by atoms with Crippen molar-refractivity contribution in [2.24, 2.45) is 7.05 Å². The fraction of sp³-hybridized carbons (Fsp3) is 0.429. The molecule has 0 saturated carbocycles. The van der Waals surface area contributed by atoms with Crippen molar-refractivity contribution in [3.8, 4) is 0 Å². The number of anilines is 1. The van der Waals surface area contributed by atoms with Gasteiger partial charge in [-0.25, -0.2) is 4.98 Å². The van der Waals surface area contributed by atoms with Gasteiger partial charge in [0.05, 0.1) is 29.3 Å². The van der Waals surface area contributed by atoms with Crippen LogP contribution in [-0.2, 0) is 20.0 Å². The zero-order chi connectivity index (χ0) is 14.3. The Balaban J connectivity index is 1.87. The van der Waals surface area contributed by atoms with Gasteiger partial charge in [0.2, 0.25) is 0 Å². The van der Waals surface area contributed by atoms with Crippen molar-refractivity contribution >= 4 is 22.0 Å². The second-order valence-corrected chi connectivity index (χ2v) is 6.22. The summed E-state index contributed by atoms with van der Waals surface area (Å²) in [6.45, 7) is 7.07. The van der Waals surface area contributed by atoms with Crippen LogP contribution in [0.4, 0.5) is 5.69 Å². The monoisotopic (exact) mass is 289 g/mol. The lowest BCUT2D eigenvalue weighted by molar-refractivity contribution is 0.746. The lowest BCUT2D eigenvalue weighted by atomic mass is 10.3. The number of rotatable bonds is 4. The van der Waals surface area contributed by atoms with Gasteiger partial charge in [0.15, 0.2) is 4.96 Å². The summed E-state index contributed by atoms with van der Waals surface area (Å²) < 4.78 is 4.04. The second-order valence-electron chi connectivity index (χ2n) is 5.01. The van der Waals surface area contributed by atoms with E-state index < -0.39 is 0 Å². The summed E-state index contributed by atoms with van der Waals surface area (Å²) in [5.41, 5.74) is 4.52. The molecule has 0 aliphatic carbocycles. The van der Waals surface area contributed by atoms with Gasteiger partial charge < -0.3 is 5.32 Å². The third-order valence-electron chi connectivity index (χ3n) is 3.43. The molecule has 0 aliphatic heterocycles. The van der Waals surface area contributed by atoms with Gasteiger partial charge in [-0.05, 0) is 20.3 Å². The number of imidazole rings is 1. The highest BCUT2D eigenvalue weighted by Gasteiger charge is 2.12. The van der Waals surface area contributed by atoms with Gasteiger partial charge in [-0.15, -0.1) is 11.3 Å². The Kier molecular flexibility index (Phi) is 3.25. The molecule has 3 rings (SSSR count). The topological polar surface area (TPSA) is 47.2 Å². The van der Waals surface area contributed by atoms with Gasteiger partial charge in [-0.2, -0.15) is 5.10 Å². The highest BCUT2D eigenvalue weighted by atomic mass is 32.1. The predicted octanol–water partition coefficient (Wildman–Crippen LogP) is 2.92. The highest BCUT2D eigenvalue weighted by Crippen LogP contribution is 2.22. The van der Waals surface area contributed by atoms with Gasteiger partial charge in [0.25, 0.3) is 0 Å². The number of nitrogens with one attached hydrogen (secondary N) is 1. The summed E-state index contributed by atoms with van der Waals surface area (Å²) in [7, 11) is 1.95. The first-order valence-electron chi connectivity index (χ1n) is 6.79. The zero-order valence-electron chi connectivity index (χ0n) is 12.3. The van der Waals surface area contributed by atoms with Crippen LogP contribution in [0.2, 0.25) is 0 Å². The minimum absolute atomic E-state index is 0.766. The molecular weight excluding hydrogens is 270 g/mol. The van der Waals surface area contributed by atoms with E-state index in [-0.39, 0.29) is 0 Å². The molecule has 6 heteroatoms. The van der Waals surface area contributed by atoms with E-state index in [9.17, 15) is 0 Å². The van der Waals surface area contributed by atoms with Crippen LogP contribution >= 0.6 is 11.3 Å². The van der Waals surface area contributed by atoms with Gasteiger partial charge in [0, 0.05) is 24.3 Å². The van der Waals surface area contributed by atoms with Crippen molar-refractivity contribution in [2.45, 2.75) is 33.7 Å². The molecule has 0 saturated heterocycles. The number of aromatic nitrogens is 4. The van der Waals surface area contributed by atoms with E-state index in [1.54, 1.807) is 11.3 Å². The smallest absolute Gasteiger partial charge is 0.194 e. The third-order valence-corrected chi connectivity index (χ3v) is 4.33. The summed E-state index contributed by atoms with van der Waals surface area (Å²) >= 11 is 1.73. The SMILES string of the molecule is CCc1nn(C)cc1NCc1c(C)nc2sc(C)cn12. The van der Waals surface area contributed by atoms with Crippen LogP contribution in [0.3, 0.4) is 0 Å². The van der Waals surface area contributed by atoms with Gasteiger partial charge >= 0.3 is 0 Å². The molecule has 3 aromatic rings. The maximum Gasteiger partial charge on any atom is 0.194 e. The second kappa shape index (κ2) is 4.94. The number of nitrogens with zero attached hydrogens (tertiary/aromatic N) is 4. The maximum atomic E-state index is 4.61. The Bertz CT molecular complexity index is 749. The van der Waals surface area contributed by atoms with Crippen LogP contribution in [0.5, 0.6) is 0 Å². The first-order valence-corrected chi connectivity index (χ1v) is 7.60. The Morgan fingerprint density at radius 2 is 2.10 bits per heavy atom. The summed E-state index contributed by atoms with van der Waals surface area (Å²) in [6.07, 6.45) is 5.12. The van der Waals surface area contributed by atoms with Crippen molar-refractivity contribution in [1.29, 1.82) is 0 Å². The quantitative estimate of drug-likeness (QED) is 0.803. The fourth-order valence-corrected chi connectivity index (χ4v) is 3.33. The van der Waals surface area contributed by atoms with E-state index >= 15 is 0 Å². The molecule has 0 spiro atoms. The van der Waals surface area contributed by atoms with Crippen LogP contribution in [-0.4, -0.2) is 19.2 Å².